The summed E-state index contributed by atoms with van der Waals surface area (Å²) in [6.07, 6.45) is 5.30. The molecule has 2 aromatic heterocycles. The Morgan fingerprint density at radius 2 is 1.90 bits per heavy atom. The summed E-state index contributed by atoms with van der Waals surface area (Å²) in [6, 6.07) is 9.86. The van der Waals surface area contributed by atoms with Crippen molar-refractivity contribution in [3.05, 3.63) is 51.9 Å². The number of hydrogen-bond donors (Lipinski definition) is 1. The molecule has 166 valence electrons. The number of unbranched alkanes of at least 4 members (excludes halogenated alkanes) is 1. The third-order valence-electron chi connectivity index (χ3n) is 5.27. The Morgan fingerprint density at radius 1 is 1.19 bits per heavy atom. The summed E-state index contributed by atoms with van der Waals surface area (Å²) in [6.45, 7) is 8.90. The van der Waals surface area contributed by atoms with Gasteiger partial charge in [0.25, 0.3) is 5.56 Å². The molecule has 1 amide bonds. The van der Waals surface area contributed by atoms with Crippen molar-refractivity contribution in [2.24, 2.45) is 5.92 Å². The average molecular weight is 441 g/mol. The topological polar surface area (TPSA) is 68.9 Å². The number of aromatic nitrogens is 3. The molecule has 6 nitrogen and oxygen atoms in total. The summed E-state index contributed by atoms with van der Waals surface area (Å²) >= 11 is 1.47. The Bertz CT molecular complexity index is 1110. The predicted molar refractivity (Wildman–Crippen MR) is 129 cm³/mol. The van der Waals surface area contributed by atoms with E-state index in [4.69, 9.17) is 0 Å². The fraction of sp³-hybridized carbons (Fsp3) is 0.458. The van der Waals surface area contributed by atoms with Crippen LogP contribution in [0.5, 0.6) is 0 Å². The fourth-order valence-electron chi connectivity index (χ4n) is 3.71. The van der Waals surface area contributed by atoms with Crippen LogP contribution in [-0.4, -0.2) is 26.3 Å². The van der Waals surface area contributed by atoms with Crippen molar-refractivity contribution in [3.63, 3.8) is 0 Å². The smallest absolute Gasteiger partial charge is 0.278 e. The summed E-state index contributed by atoms with van der Waals surface area (Å²) < 4.78 is 3.50. The lowest BCUT2D eigenvalue weighted by molar-refractivity contribution is -0.116. The first-order valence-electron chi connectivity index (χ1n) is 10.9. The summed E-state index contributed by atoms with van der Waals surface area (Å²) in [4.78, 5) is 30.8. The molecule has 0 aliphatic heterocycles. The van der Waals surface area contributed by atoms with Gasteiger partial charge in [0.1, 0.15) is 12.1 Å². The van der Waals surface area contributed by atoms with E-state index in [1.54, 1.807) is 9.13 Å². The number of thioether (sulfide) groups is 1. The molecular weight excluding hydrogens is 408 g/mol. The molecule has 7 heteroatoms. The number of benzene rings is 1. The van der Waals surface area contributed by atoms with Gasteiger partial charge in [-0.3, -0.25) is 14.2 Å². The highest BCUT2D eigenvalue weighted by Crippen LogP contribution is 2.20. The standard InChI is InChI=1S/C24H32N4O2S/c1-6-7-8-18-9-11-19(12-10-18)25-21(29)15-27-17(4)13-20-22(27)23(30)28(14-16(2)3)24(26-20)31-5/h9-13,16H,6-8,14-15H2,1-5H3,(H,25,29). The van der Waals surface area contributed by atoms with Gasteiger partial charge in [0.2, 0.25) is 5.91 Å². The summed E-state index contributed by atoms with van der Waals surface area (Å²) in [5.74, 6) is 0.154. The first kappa shape index (κ1) is 23.1. The van der Waals surface area contributed by atoms with Gasteiger partial charge in [-0.2, -0.15) is 0 Å². The van der Waals surface area contributed by atoms with Gasteiger partial charge in [-0.1, -0.05) is 51.1 Å². The van der Waals surface area contributed by atoms with Crippen molar-refractivity contribution in [1.82, 2.24) is 14.1 Å². The number of rotatable bonds is 9. The lowest BCUT2D eigenvalue weighted by Crippen LogP contribution is -2.28. The van der Waals surface area contributed by atoms with Crippen molar-refractivity contribution in [3.8, 4) is 0 Å². The first-order chi connectivity index (χ1) is 14.8. The van der Waals surface area contributed by atoms with Crippen LogP contribution < -0.4 is 10.9 Å². The number of amides is 1. The molecule has 0 bridgehead atoms. The van der Waals surface area contributed by atoms with E-state index >= 15 is 0 Å². The summed E-state index contributed by atoms with van der Waals surface area (Å²) in [5.41, 5.74) is 3.91. The average Bonchev–Trinajstić information content (AvgIpc) is 3.04. The van der Waals surface area contributed by atoms with Crippen LogP contribution in [0, 0.1) is 12.8 Å². The molecule has 0 saturated heterocycles. The number of anilines is 1. The molecule has 0 saturated carbocycles. The zero-order valence-electron chi connectivity index (χ0n) is 19.1. The zero-order chi connectivity index (χ0) is 22.5. The number of carbonyl (C=O) groups is 1. The minimum absolute atomic E-state index is 0.0735. The molecule has 3 rings (SSSR count). The van der Waals surface area contributed by atoms with E-state index < -0.39 is 0 Å². The number of carbonyl (C=O) groups excluding carboxylic acids is 1. The van der Waals surface area contributed by atoms with Gasteiger partial charge in [-0.25, -0.2) is 4.98 Å². The van der Waals surface area contributed by atoms with E-state index in [0.29, 0.717) is 28.7 Å². The predicted octanol–water partition coefficient (Wildman–Crippen LogP) is 4.87. The highest BCUT2D eigenvalue weighted by Gasteiger charge is 2.18. The second-order valence-corrected chi connectivity index (χ2v) is 9.14. The molecule has 1 aromatic carbocycles. The summed E-state index contributed by atoms with van der Waals surface area (Å²) in [7, 11) is 0. The van der Waals surface area contributed by atoms with Crippen LogP contribution in [-0.2, 0) is 24.3 Å². The molecular formula is C24H32N4O2S. The maximum absolute atomic E-state index is 13.3. The van der Waals surface area contributed by atoms with Crippen LogP contribution in [0.1, 0.15) is 44.9 Å². The van der Waals surface area contributed by atoms with E-state index in [-0.39, 0.29) is 18.0 Å². The third-order valence-corrected chi connectivity index (χ3v) is 5.94. The van der Waals surface area contributed by atoms with Gasteiger partial charge in [0, 0.05) is 17.9 Å². The Morgan fingerprint density at radius 3 is 2.52 bits per heavy atom. The highest BCUT2D eigenvalue weighted by atomic mass is 32.2. The second-order valence-electron chi connectivity index (χ2n) is 8.36. The van der Waals surface area contributed by atoms with Gasteiger partial charge >= 0.3 is 0 Å². The number of nitrogens with one attached hydrogen (secondary N) is 1. The Kier molecular flexibility index (Phi) is 7.59. The molecule has 2 heterocycles. The molecule has 0 radical (unpaired) electrons. The van der Waals surface area contributed by atoms with Crippen LogP contribution in [0.15, 0.2) is 40.3 Å². The van der Waals surface area contributed by atoms with Crippen molar-refractivity contribution in [1.29, 1.82) is 0 Å². The SMILES string of the molecule is CCCCc1ccc(NC(=O)Cn2c(C)cc3nc(SC)n(CC(C)C)c(=O)c32)cc1. The molecule has 1 N–H and O–H groups in total. The van der Waals surface area contributed by atoms with Gasteiger partial charge in [0.15, 0.2) is 5.16 Å². The molecule has 0 spiro atoms. The number of nitrogens with zero attached hydrogens (tertiary/aromatic N) is 3. The molecule has 0 aliphatic carbocycles. The Hall–Kier alpha value is -2.54. The zero-order valence-corrected chi connectivity index (χ0v) is 19.9. The Balaban J connectivity index is 1.86. The molecule has 0 atom stereocenters. The van der Waals surface area contributed by atoms with Crippen molar-refractivity contribution < 1.29 is 4.79 Å². The van der Waals surface area contributed by atoms with Gasteiger partial charge < -0.3 is 9.88 Å². The second kappa shape index (κ2) is 10.2. The Labute approximate surface area is 188 Å². The van der Waals surface area contributed by atoms with Crippen LogP contribution in [0.3, 0.4) is 0 Å². The first-order valence-corrected chi connectivity index (χ1v) is 12.1. The quantitative estimate of drug-likeness (QED) is 0.381. The van der Waals surface area contributed by atoms with Crippen molar-refractivity contribution in [2.45, 2.75) is 65.2 Å². The molecule has 31 heavy (non-hydrogen) atoms. The number of hydrogen-bond acceptors (Lipinski definition) is 4. The summed E-state index contributed by atoms with van der Waals surface area (Å²) in [5, 5.41) is 3.66. The van der Waals surface area contributed by atoms with Crippen LogP contribution in [0.25, 0.3) is 11.0 Å². The minimum atomic E-state index is -0.161. The van der Waals surface area contributed by atoms with Crippen LogP contribution in [0.4, 0.5) is 5.69 Å². The van der Waals surface area contributed by atoms with E-state index in [2.05, 4.69) is 43.2 Å². The number of fused-ring (bicyclic) bond motifs is 1. The minimum Gasteiger partial charge on any atom is -0.330 e. The van der Waals surface area contributed by atoms with Crippen molar-refractivity contribution >= 4 is 34.4 Å². The van der Waals surface area contributed by atoms with Crippen LogP contribution in [0.2, 0.25) is 0 Å². The van der Waals surface area contributed by atoms with Gasteiger partial charge in [-0.05, 0) is 55.7 Å². The van der Waals surface area contributed by atoms with E-state index in [0.717, 1.165) is 30.6 Å². The monoisotopic (exact) mass is 440 g/mol. The normalized spacial score (nSPS) is 11.4. The maximum atomic E-state index is 13.3. The lowest BCUT2D eigenvalue weighted by atomic mass is 10.1. The molecule has 0 fully saturated rings. The maximum Gasteiger partial charge on any atom is 0.278 e. The van der Waals surface area contributed by atoms with Gasteiger partial charge in [-0.15, -0.1) is 0 Å². The number of aryl methyl sites for hydroxylation is 2. The largest absolute Gasteiger partial charge is 0.330 e. The van der Waals surface area contributed by atoms with Crippen molar-refractivity contribution in [2.75, 3.05) is 11.6 Å². The van der Waals surface area contributed by atoms with E-state index in [1.807, 2.05) is 31.4 Å². The van der Waals surface area contributed by atoms with E-state index in [9.17, 15) is 9.59 Å². The molecule has 0 unspecified atom stereocenters. The van der Waals surface area contributed by atoms with Crippen LogP contribution >= 0.6 is 11.8 Å². The molecule has 0 aliphatic rings. The third kappa shape index (κ3) is 5.39. The van der Waals surface area contributed by atoms with Gasteiger partial charge in [0.05, 0.1) is 5.52 Å². The lowest BCUT2D eigenvalue weighted by Gasteiger charge is -2.14. The molecule has 3 aromatic rings. The van der Waals surface area contributed by atoms with E-state index in [1.165, 1.54) is 17.3 Å². The highest BCUT2D eigenvalue weighted by molar-refractivity contribution is 7.98. The fourth-order valence-corrected chi connectivity index (χ4v) is 4.28.